The van der Waals surface area contributed by atoms with Crippen molar-refractivity contribution in [3.8, 4) is 5.69 Å². The van der Waals surface area contributed by atoms with Gasteiger partial charge >= 0.3 is 0 Å². The van der Waals surface area contributed by atoms with Crippen molar-refractivity contribution >= 4 is 5.91 Å². The first-order chi connectivity index (χ1) is 12.1. The Kier molecular flexibility index (Phi) is 5.26. The van der Waals surface area contributed by atoms with Gasteiger partial charge < -0.3 is 10.4 Å². The Hall–Kier alpha value is -2.92. The van der Waals surface area contributed by atoms with E-state index in [4.69, 9.17) is 0 Å². The lowest BCUT2D eigenvalue weighted by Gasteiger charge is -2.11. The van der Waals surface area contributed by atoms with E-state index in [0.717, 1.165) is 16.8 Å². The smallest absolute Gasteiger partial charge is 0.251 e. The van der Waals surface area contributed by atoms with Gasteiger partial charge in [0.1, 0.15) is 0 Å². The summed E-state index contributed by atoms with van der Waals surface area (Å²) < 4.78 is 1.77. The fourth-order valence-corrected chi connectivity index (χ4v) is 2.59. The number of carbonyl (C=O) groups is 1. The number of rotatable bonds is 6. The second-order valence-electron chi connectivity index (χ2n) is 5.98. The number of aliphatic hydroxyl groups is 1. The van der Waals surface area contributed by atoms with Gasteiger partial charge in [0.25, 0.3) is 5.91 Å². The van der Waals surface area contributed by atoms with Gasteiger partial charge in [0.15, 0.2) is 0 Å². The number of aryl methyl sites for hydroxylation is 1. The fraction of sp³-hybridized carbons (Fsp3) is 0.200. The summed E-state index contributed by atoms with van der Waals surface area (Å²) in [5.41, 5.74) is 3.43. The van der Waals surface area contributed by atoms with Crippen LogP contribution in [0.25, 0.3) is 5.69 Å². The van der Waals surface area contributed by atoms with E-state index in [1.807, 2.05) is 55.6 Å². The van der Waals surface area contributed by atoms with Crippen molar-refractivity contribution in [3.63, 3.8) is 0 Å². The summed E-state index contributed by atoms with van der Waals surface area (Å²) in [6.07, 6.45) is 3.62. The maximum Gasteiger partial charge on any atom is 0.251 e. The summed E-state index contributed by atoms with van der Waals surface area (Å²) in [5, 5.41) is 17.2. The van der Waals surface area contributed by atoms with Crippen LogP contribution in [0.4, 0.5) is 0 Å². The molecule has 0 saturated heterocycles. The quantitative estimate of drug-likeness (QED) is 0.727. The number of hydrogen-bond acceptors (Lipinski definition) is 3. The zero-order valence-corrected chi connectivity index (χ0v) is 14.1. The summed E-state index contributed by atoms with van der Waals surface area (Å²) in [5.74, 6) is -0.150. The Balaban J connectivity index is 1.53. The lowest BCUT2D eigenvalue weighted by atomic mass is 10.1. The maximum absolute atomic E-state index is 12.2. The van der Waals surface area contributed by atoms with E-state index in [9.17, 15) is 9.90 Å². The second-order valence-corrected chi connectivity index (χ2v) is 5.98. The van der Waals surface area contributed by atoms with Gasteiger partial charge in [-0.2, -0.15) is 5.10 Å². The number of hydrogen-bond donors (Lipinski definition) is 2. The molecule has 3 rings (SSSR count). The topological polar surface area (TPSA) is 67.2 Å². The minimum Gasteiger partial charge on any atom is -0.388 e. The van der Waals surface area contributed by atoms with Crippen LogP contribution in [-0.2, 0) is 0 Å². The molecule has 2 aromatic carbocycles. The number of amides is 1. The Labute approximate surface area is 146 Å². The largest absolute Gasteiger partial charge is 0.388 e. The highest BCUT2D eigenvalue weighted by Crippen LogP contribution is 2.15. The SMILES string of the molecule is Cc1cnn(-c2ccc(C(=O)NCCC(O)c3ccccc3)cc2)c1. The van der Waals surface area contributed by atoms with Gasteiger partial charge in [0.2, 0.25) is 0 Å². The first-order valence-electron chi connectivity index (χ1n) is 8.26. The van der Waals surface area contributed by atoms with E-state index < -0.39 is 6.10 Å². The van der Waals surface area contributed by atoms with Gasteiger partial charge in [-0.1, -0.05) is 30.3 Å². The van der Waals surface area contributed by atoms with Crippen LogP contribution in [0.15, 0.2) is 67.0 Å². The molecule has 128 valence electrons. The Morgan fingerprint density at radius 2 is 1.88 bits per heavy atom. The van der Waals surface area contributed by atoms with E-state index >= 15 is 0 Å². The van der Waals surface area contributed by atoms with Gasteiger partial charge in [0, 0.05) is 18.3 Å². The molecule has 1 aromatic heterocycles. The van der Waals surface area contributed by atoms with Crippen LogP contribution in [0.2, 0.25) is 0 Å². The molecule has 1 unspecified atom stereocenters. The van der Waals surface area contributed by atoms with Crippen LogP contribution in [0.5, 0.6) is 0 Å². The zero-order chi connectivity index (χ0) is 17.6. The van der Waals surface area contributed by atoms with E-state index in [0.29, 0.717) is 18.5 Å². The molecule has 0 saturated carbocycles. The van der Waals surface area contributed by atoms with E-state index in [2.05, 4.69) is 10.4 Å². The van der Waals surface area contributed by atoms with E-state index in [1.54, 1.807) is 23.0 Å². The van der Waals surface area contributed by atoms with Gasteiger partial charge in [-0.3, -0.25) is 4.79 Å². The van der Waals surface area contributed by atoms with Crippen molar-refractivity contribution in [2.75, 3.05) is 6.54 Å². The van der Waals surface area contributed by atoms with E-state index in [1.165, 1.54) is 0 Å². The standard InChI is InChI=1S/C20H21N3O2/c1-15-13-22-23(14-15)18-9-7-17(8-10-18)20(25)21-12-11-19(24)16-5-3-2-4-6-16/h2-10,13-14,19,24H,11-12H2,1H3,(H,21,25). The second kappa shape index (κ2) is 7.77. The molecule has 0 bridgehead atoms. The molecule has 0 aliphatic heterocycles. The van der Waals surface area contributed by atoms with Crippen molar-refractivity contribution in [2.45, 2.75) is 19.4 Å². The minimum absolute atomic E-state index is 0.150. The first-order valence-corrected chi connectivity index (χ1v) is 8.26. The number of nitrogens with zero attached hydrogens (tertiary/aromatic N) is 2. The molecule has 25 heavy (non-hydrogen) atoms. The highest BCUT2D eigenvalue weighted by molar-refractivity contribution is 5.94. The highest BCUT2D eigenvalue weighted by Gasteiger charge is 2.09. The Morgan fingerprint density at radius 1 is 1.16 bits per heavy atom. The molecule has 0 aliphatic carbocycles. The molecule has 3 aromatic rings. The molecule has 2 N–H and O–H groups in total. The molecule has 0 spiro atoms. The highest BCUT2D eigenvalue weighted by atomic mass is 16.3. The molecule has 0 fully saturated rings. The van der Waals surface area contributed by atoms with Crippen LogP contribution in [0.3, 0.4) is 0 Å². The van der Waals surface area contributed by atoms with Crippen molar-refractivity contribution in [1.29, 1.82) is 0 Å². The molecular weight excluding hydrogens is 314 g/mol. The zero-order valence-electron chi connectivity index (χ0n) is 14.1. The van der Waals surface area contributed by atoms with Crippen molar-refractivity contribution in [2.24, 2.45) is 0 Å². The predicted molar refractivity (Wildman–Crippen MR) is 96.7 cm³/mol. The lowest BCUT2D eigenvalue weighted by molar-refractivity contribution is 0.0942. The number of aliphatic hydroxyl groups excluding tert-OH is 1. The molecule has 5 heteroatoms. The number of aromatic nitrogens is 2. The first kappa shape index (κ1) is 16.9. The van der Waals surface area contributed by atoms with Gasteiger partial charge in [-0.05, 0) is 48.7 Å². The third-order valence-corrected chi connectivity index (χ3v) is 3.99. The van der Waals surface area contributed by atoms with Crippen LogP contribution in [0, 0.1) is 6.92 Å². The molecule has 0 radical (unpaired) electrons. The molecule has 0 aliphatic rings. The molecule has 1 amide bonds. The predicted octanol–water partition coefficient (Wildman–Crippen LogP) is 3.03. The average molecular weight is 335 g/mol. The number of benzene rings is 2. The third-order valence-electron chi connectivity index (χ3n) is 3.99. The van der Waals surface area contributed by atoms with Crippen LogP contribution in [0.1, 0.15) is 34.0 Å². The van der Waals surface area contributed by atoms with Crippen LogP contribution < -0.4 is 5.32 Å². The van der Waals surface area contributed by atoms with Gasteiger partial charge in [-0.15, -0.1) is 0 Å². The normalized spacial score (nSPS) is 11.9. The Bertz CT molecular complexity index is 826. The summed E-state index contributed by atoms with van der Waals surface area (Å²) in [6.45, 7) is 2.39. The van der Waals surface area contributed by atoms with Crippen molar-refractivity contribution < 1.29 is 9.90 Å². The summed E-state index contributed by atoms with van der Waals surface area (Å²) in [4.78, 5) is 12.2. The van der Waals surface area contributed by atoms with Crippen LogP contribution >= 0.6 is 0 Å². The summed E-state index contributed by atoms with van der Waals surface area (Å²) in [6, 6.07) is 16.7. The molecular formula is C20H21N3O2. The summed E-state index contributed by atoms with van der Waals surface area (Å²) >= 11 is 0. The van der Waals surface area contributed by atoms with E-state index in [-0.39, 0.29) is 5.91 Å². The van der Waals surface area contributed by atoms with Crippen molar-refractivity contribution in [3.05, 3.63) is 83.7 Å². The number of carbonyl (C=O) groups excluding carboxylic acids is 1. The fourth-order valence-electron chi connectivity index (χ4n) is 2.59. The molecule has 1 heterocycles. The molecule has 1 atom stereocenters. The maximum atomic E-state index is 12.2. The minimum atomic E-state index is -0.577. The third kappa shape index (κ3) is 4.33. The molecule has 5 nitrogen and oxygen atoms in total. The van der Waals surface area contributed by atoms with Gasteiger partial charge in [0.05, 0.1) is 18.0 Å². The number of nitrogens with one attached hydrogen (secondary N) is 1. The van der Waals surface area contributed by atoms with Gasteiger partial charge in [-0.25, -0.2) is 4.68 Å². The monoisotopic (exact) mass is 335 g/mol. The lowest BCUT2D eigenvalue weighted by Crippen LogP contribution is -2.25. The average Bonchev–Trinajstić information content (AvgIpc) is 3.09. The van der Waals surface area contributed by atoms with Crippen molar-refractivity contribution in [1.82, 2.24) is 15.1 Å². The van der Waals surface area contributed by atoms with Crippen LogP contribution in [-0.4, -0.2) is 27.3 Å². The Morgan fingerprint density at radius 3 is 2.52 bits per heavy atom. The summed E-state index contributed by atoms with van der Waals surface area (Å²) in [7, 11) is 0.